The van der Waals surface area contributed by atoms with Crippen molar-refractivity contribution in [2.75, 3.05) is 32.0 Å². The Labute approximate surface area is 226 Å². The lowest BCUT2D eigenvalue weighted by molar-refractivity contribution is -0.132. The summed E-state index contributed by atoms with van der Waals surface area (Å²) in [7, 11) is 1.73. The van der Waals surface area contributed by atoms with Crippen molar-refractivity contribution in [3.63, 3.8) is 0 Å². The molecular formula is C31H32F3N3O2. The number of rotatable bonds is 7. The van der Waals surface area contributed by atoms with Gasteiger partial charge in [-0.05, 0) is 73.1 Å². The van der Waals surface area contributed by atoms with Crippen LogP contribution in [-0.4, -0.2) is 42.4 Å². The molecule has 1 atom stereocenters. The molecule has 1 fully saturated rings. The maximum atomic E-state index is 14.1. The summed E-state index contributed by atoms with van der Waals surface area (Å²) in [6.07, 6.45) is 1.86. The quantitative estimate of drug-likeness (QED) is 0.395. The second-order valence-corrected chi connectivity index (χ2v) is 10.4. The van der Waals surface area contributed by atoms with Gasteiger partial charge < -0.3 is 19.9 Å². The van der Waals surface area contributed by atoms with E-state index < -0.39 is 11.5 Å². The van der Waals surface area contributed by atoms with Gasteiger partial charge in [-0.3, -0.25) is 4.79 Å². The molecule has 39 heavy (non-hydrogen) atoms. The van der Waals surface area contributed by atoms with Crippen molar-refractivity contribution < 1.29 is 22.7 Å². The Hall–Kier alpha value is -3.78. The molecule has 0 aliphatic carbocycles. The van der Waals surface area contributed by atoms with Gasteiger partial charge in [-0.25, -0.2) is 13.2 Å². The lowest BCUT2D eigenvalue weighted by Crippen LogP contribution is -2.47. The number of hydrogen-bond acceptors (Lipinski definition) is 4. The molecule has 1 N–H and O–H groups in total. The second kappa shape index (κ2) is 11.1. The molecule has 5 nitrogen and oxygen atoms in total. The highest BCUT2D eigenvalue weighted by Crippen LogP contribution is 2.45. The molecule has 1 amide bonds. The van der Waals surface area contributed by atoms with Crippen LogP contribution >= 0.6 is 0 Å². The fourth-order valence-corrected chi connectivity index (χ4v) is 5.63. The molecule has 1 saturated heterocycles. The second-order valence-electron chi connectivity index (χ2n) is 10.4. The number of halogens is 3. The van der Waals surface area contributed by atoms with Crippen LogP contribution < -0.4 is 5.32 Å². The number of nitrogens with one attached hydrogen (secondary N) is 1. The van der Waals surface area contributed by atoms with Crippen LogP contribution in [0.1, 0.15) is 41.9 Å². The number of piperidine rings is 1. The summed E-state index contributed by atoms with van der Waals surface area (Å²) in [6, 6.07) is 16.8. The lowest BCUT2D eigenvalue weighted by atomic mass is 9.82. The number of benzene rings is 3. The Bertz CT molecular complexity index is 1340. The van der Waals surface area contributed by atoms with Crippen molar-refractivity contribution in [3.05, 3.63) is 113 Å². The van der Waals surface area contributed by atoms with E-state index >= 15 is 0 Å². The summed E-state index contributed by atoms with van der Waals surface area (Å²) < 4.78 is 47.3. The number of hydrogen-bond donors (Lipinski definition) is 1. The highest BCUT2D eigenvalue weighted by molar-refractivity contribution is 5.83. The van der Waals surface area contributed by atoms with Gasteiger partial charge in [0.2, 0.25) is 5.91 Å². The number of carbonyl (C=O) groups excluding carboxylic acids is 1. The maximum Gasteiger partial charge on any atom is 0.230 e. The van der Waals surface area contributed by atoms with Crippen LogP contribution in [0.25, 0.3) is 0 Å². The van der Waals surface area contributed by atoms with E-state index in [0.29, 0.717) is 51.3 Å². The van der Waals surface area contributed by atoms with Crippen molar-refractivity contribution >= 4 is 11.6 Å². The minimum atomic E-state index is -0.641. The van der Waals surface area contributed by atoms with Gasteiger partial charge in [-0.1, -0.05) is 24.3 Å². The molecule has 2 heterocycles. The van der Waals surface area contributed by atoms with Gasteiger partial charge >= 0.3 is 0 Å². The van der Waals surface area contributed by atoms with Gasteiger partial charge in [-0.2, -0.15) is 0 Å². The van der Waals surface area contributed by atoms with Crippen molar-refractivity contribution in [2.24, 2.45) is 0 Å². The Morgan fingerprint density at radius 2 is 1.62 bits per heavy atom. The van der Waals surface area contributed by atoms with Crippen molar-refractivity contribution in [1.29, 1.82) is 0 Å². The molecule has 0 aromatic heterocycles. The number of nitrogens with zero attached hydrogens (tertiary/aromatic N) is 2. The minimum Gasteiger partial charge on any atom is -0.468 e. The number of fused-ring (bicyclic) bond motifs is 2. The van der Waals surface area contributed by atoms with Gasteiger partial charge in [0.25, 0.3) is 0 Å². The summed E-state index contributed by atoms with van der Waals surface area (Å²) in [5.74, 6) is -1.08. The first kappa shape index (κ1) is 26.8. The van der Waals surface area contributed by atoms with E-state index in [1.807, 2.05) is 0 Å². The number of likely N-dealkylation sites (N-methyl/N-ethyl adjacent to an activating group) is 1. The van der Waals surface area contributed by atoms with Gasteiger partial charge in [-0.15, -0.1) is 0 Å². The average molecular weight is 536 g/mol. The van der Waals surface area contributed by atoms with Crippen LogP contribution in [-0.2, 0) is 21.7 Å². The Balaban J connectivity index is 1.27. The number of amides is 1. The van der Waals surface area contributed by atoms with Gasteiger partial charge in [0, 0.05) is 50.8 Å². The van der Waals surface area contributed by atoms with Gasteiger partial charge in [0.15, 0.2) is 5.88 Å². The molecule has 1 unspecified atom stereocenters. The first-order chi connectivity index (χ1) is 18.7. The third-order valence-corrected chi connectivity index (χ3v) is 7.74. The van der Waals surface area contributed by atoms with Crippen LogP contribution in [0.3, 0.4) is 0 Å². The molecule has 0 bridgehead atoms. The van der Waals surface area contributed by atoms with Crippen LogP contribution in [0.15, 0.2) is 79.2 Å². The molecule has 3 aromatic rings. The first-order valence-electron chi connectivity index (χ1n) is 13.1. The van der Waals surface area contributed by atoms with Crippen molar-refractivity contribution in [2.45, 2.75) is 37.3 Å². The minimum absolute atomic E-state index is 0.0817. The fraction of sp³-hybridized carbons (Fsp3) is 0.323. The van der Waals surface area contributed by atoms with E-state index in [1.165, 1.54) is 36.4 Å². The van der Waals surface area contributed by atoms with Crippen molar-refractivity contribution in [3.8, 4) is 0 Å². The van der Waals surface area contributed by atoms with E-state index in [2.05, 4.69) is 16.8 Å². The number of likely N-dealkylation sites (tertiary alicyclic amines) is 1. The molecule has 2 aliphatic heterocycles. The summed E-state index contributed by atoms with van der Waals surface area (Å²) in [6.45, 7) is 6.36. The molecular weight excluding hydrogens is 503 g/mol. The monoisotopic (exact) mass is 535 g/mol. The Morgan fingerprint density at radius 1 is 1.00 bits per heavy atom. The lowest BCUT2D eigenvalue weighted by Gasteiger charge is -2.46. The summed E-state index contributed by atoms with van der Waals surface area (Å²) in [5.41, 5.74) is 2.55. The van der Waals surface area contributed by atoms with Crippen LogP contribution in [0, 0.1) is 17.5 Å². The average Bonchev–Trinajstić information content (AvgIpc) is 2.92. The smallest absolute Gasteiger partial charge is 0.230 e. The maximum absolute atomic E-state index is 14.1. The van der Waals surface area contributed by atoms with Crippen LogP contribution in [0.5, 0.6) is 0 Å². The molecule has 5 rings (SSSR count). The number of ether oxygens (including phenoxy) is 1. The highest BCUT2D eigenvalue weighted by Gasteiger charge is 2.43. The zero-order valence-electron chi connectivity index (χ0n) is 21.9. The molecule has 8 heteroatoms. The van der Waals surface area contributed by atoms with E-state index in [1.54, 1.807) is 42.3 Å². The summed E-state index contributed by atoms with van der Waals surface area (Å²) >= 11 is 0. The molecule has 2 aliphatic rings. The highest BCUT2D eigenvalue weighted by atomic mass is 19.1. The third kappa shape index (κ3) is 5.96. The van der Waals surface area contributed by atoms with Crippen LogP contribution in [0.4, 0.5) is 18.9 Å². The van der Waals surface area contributed by atoms with E-state index in [0.717, 1.165) is 22.4 Å². The third-order valence-electron chi connectivity index (χ3n) is 7.74. The number of anilines is 1. The topological polar surface area (TPSA) is 44.8 Å². The predicted octanol–water partition coefficient (Wildman–Crippen LogP) is 6.14. The first-order valence-corrected chi connectivity index (χ1v) is 13.1. The summed E-state index contributed by atoms with van der Waals surface area (Å²) in [4.78, 5) is 17.5. The Kier molecular flexibility index (Phi) is 7.66. The standard InChI is InChI=1S/C31H32F3N3O2/c1-21-35-29-12-11-26(34)19-28(29)31(39-21)14-17-37(18-15-31)16-13-27(23-5-9-25(33)10-6-23)30(38)36(2)20-22-3-7-24(32)8-4-22/h3-12,19,27,35H,1,13-18,20H2,2H3. The van der Waals surface area contributed by atoms with Gasteiger partial charge in [0.05, 0.1) is 5.92 Å². The molecule has 3 aromatic carbocycles. The molecule has 204 valence electrons. The normalized spacial score (nSPS) is 17.2. The largest absolute Gasteiger partial charge is 0.468 e. The van der Waals surface area contributed by atoms with Gasteiger partial charge in [0.1, 0.15) is 23.1 Å². The SMILES string of the molecule is C=C1Nc2ccc(F)cc2C2(CCN(CCC(C(=O)N(C)Cc3ccc(F)cc3)c3ccc(F)cc3)CC2)O1. The van der Waals surface area contributed by atoms with E-state index in [4.69, 9.17) is 4.74 Å². The van der Waals surface area contributed by atoms with E-state index in [9.17, 15) is 18.0 Å². The zero-order valence-corrected chi connectivity index (χ0v) is 21.9. The Morgan fingerprint density at radius 3 is 2.28 bits per heavy atom. The van der Waals surface area contributed by atoms with Crippen molar-refractivity contribution in [1.82, 2.24) is 9.80 Å². The van der Waals surface area contributed by atoms with Crippen LogP contribution in [0.2, 0.25) is 0 Å². The zero-order chi connectivity index (χ0) is 27.6. The molecule has 0 radical (unpaired) electrons. The molecule has 1 spiro atoms. The fourth-order valence-electron chi connectivity index (χ4n) is 5.63. The number of carbonyl (C=O) groups is 1. The van der Waals surface area contributed by atoms with E-state index in [-0.39, 0.29) is 23.4 Å². The molecule has 0 saturated carbocycles. The predicted molar refractivity (Wildman–Crippen MR) is 144 cm³/mol. The summed E-state index contributed by atoms with van der Waals surface area (Å²) in [5, 5.41) is 3.09.